The van der Waals surface area contributed by atoms with Gasteiger partial charge in [-0.1, -0.05) is 55.9 Å². The minimum Gasteiger partial charge on any atom is -0.207 e. The molecule has 1 fully saturated rings. The van der Waals surface area contributed by atoms with Gasteiger partial charge >= 0.3 is 0 Å². The fourth-order valence-electron chi connectivity index (χ4n) is 3.58. The van der Waals surface area contributed by atoms with Crippen molar-refractivity contribution in [3.63, 3.8) is 0 Å². The van der Waals surface area contributed by atoms with Gasteiger partial charge in [0.2, 0.25) is 0 Å². The lowest BCUT2D eigenvalue weighted by Gasteiger charge is -2.25. The van der Waals surface area contributed by atoms with Gasteiger partial charge in [-0.3, -0.25) is 0 Å². The van der Waals surface area contributed by atoms with Gasteiger partial charge in [0, 0.05) is 11.5 Å². The molecule has 1 saturated carbocycles. The highest BCUT2D eigenvalue weighted by molar-refractivity contribution is 5.64. The maximum absolute atomic E-state index is 13.0. The lowest BCUT2D eigenvalue weighted by Crippen LogP contribution is -2.13. The highest BCUT2D eigenvalue weighted by Gasteiger charge is 2.18. The summed E-state index contributed by atoms with van der Waals surface area (Å²) in [5.41, 5.74) is 3.20. The summed E-state index contributed by atoms with van der Waals surface area (Å²) < 4.78 is 13.0. The smallest absolute Gasteiger partial charge is 0.123 e. The lowest BCUT2D eigenvalue weighted by molar-refractivity contribution is 0.300. The van der Waals surface area contributed by atoms with Gasteiger partial charge in [-0.15, -0.1) is 0 Å². The van der Waals surface area contributed by atoms with Crippen LogP contribution in [0.3, 0.4) is 0 Å². The predicted molar refractivity (Wildman–Crippen MR) is 99.1 cm³/mol. The molecular formula is C23H25F. The van der Waals surface area contributed by atoms with Crippen LogP contribution in [0.4, 0.5) is 4.39 Å². The first-order valence-corrected chi connectivity index (χ1v) is 9.12. The van der Waals surface area contributed by atoms with Crippen LogP contribution in [0.15, 0.2) is 48.5 Å². The zero-order chi connectivity index (χ0) is 16.8. The summed E-state index contributed by atoms with van der Waals surface area (Å²) >= 11 is 0. The normalized spacial score (nSPS) is 20.2. The van der Waals surface area contributed by atoms with E-state index in [-0.39, 0.29) is 5.82 Å². The standard InChI is InChI=1S/C23H25F/c1-2-3-18-4-6-19(7-5-18)8-9-20-10-12-21(13-11-20)22-14-16-23(24)17-15-22/h10-19H,2-7H2,1H3/t18-,19-. The molecule has 0 saturated heterocycles. The Labute approximate surface area is 145 Å². The summed E-state index contributed by atoms with van der Waals surface area (Å²) in [6.45, 7) is 2.28. The Morgan fingerprint density at radius 1 is 0.875 bits per heavy atom. The summed E-state index contributed by atoms with van der Waals surface area (Å²) in [5, 5.41) is 0. The van der Waals surface area contributed by atoms with E-state index in [2.05, 4.69) is 43.0 Å². The van der Waals surface area contributed by atoms with Gasteiger partial charge in [0.25, 0.3) is 0 Å². The van der Waals surface area contributed by atoms with Gasteiger partial charge in [-0.05, 0) is 67.0 Å². The Morgan fingerprint density at radius 2 is 1.46 bits per heavy atom. The Kier molecular flexibility index (Phi) is 5.70. The van der Waals surface area contributed by atoms with Crippen molar-refractivity contribution in [2.45, 2.75) is 45.4 Å². The molecular weight excluding hydrogens is 295 g/mol. The molecule has 0 unspecified atom stereocenters. The van der Waals surface area contributed by atoms with Crippen molar-refractivity contribution < 1.29 is 4.39 Å². The van der Waals surface area contributed by atoms with E-state index in [1.54, 1.807) is 0 Å². The second-order valence-electron chi connectivity index (χ2n) is 6.86. The third-order valence-corrected chi connectivity index (χ3v) is 5.03. The highest BCUT2D eigenvalue weighted by atomic mass is 19.1. The molecule has 1 aliphatic carbocycles. The molecule has 1 heteroatoms. The number of hydrogen-bond donors (Lipinski definition) is 0. The van der Waals surface area contributed by atoms with Crippen LogP contribution in [-0.2, 0) is 0 Å². The summed E-state index contributed by atoms with van der Waals surface area (Å²) in [6, 6.07) is 14.9. The molecule has 2 aromatic rings. The zero-order valence-corrected chi connectivity index (χ0v) is 14.4. The molecule has 1 aliphatic rings. The van der Waals surface area contributed by atoms with Crippen molar-refractivity contribution in [1.82, 2.24) is 0 Å². The molecule has 124 valence electrons. The number of hydrogen-bond acceptors (Lipinski definition) is 0. The molecule has 0 aliphatic heterocycles. The van der Waals surface area contributed by atoms with E-state index in [0.29, 0.717) is 5.92 Å². The van der Waals surface area contributed by atoms with Crippen molar-refractivity contribution in [2.75, 3.05) is 0 Å². The summed E-state index contributed by atoms with van der Waals surface area (Å²) in [5.74, 6) is 8.11. The van der Waals surface area contributed by atoms with Crippen LogP contribution >= 0.6 is 0 Å². The molecule has 3 rings (SSSR count). The summed E-state index contributed by atoms with van der Waals surface area (Å²) in [6.07, 6.45) is 7.89. The van der Waals surface area contributed by atoms with E-state index in [1.807, 2.05) is 12.1 Å². The molecule has 0 heterocycles. The van der Waals surface area contributed by atoms with Gasteiger partial charge < -0.3 is 0 Å². The first-order chi connectivity index (χ1) is 11.7. The van der Waals surface area contributed by atoms with Gasteiger partial charge in [0.15, 0.2) is 0 Å². The lowest BCUT2D eigenvalue weighted by atomic mass is 9.80. The average molecular weight is 320 g/mol. The maximum atomic E-state index is 13.0. The molecule has 2 aromatic carbocycles. The van der Waals surface area contributed by atoms with Crippen LogP contribution in [0, 0.1) is 29.5 Å². The molecule has 0 radical (unpaired) electrons. The predicted octanol–water partition coefficient (Wildman–Crippen LogP) is 6.45. The highest BCUT2D eigenvalue weighted by Crippen LogP contribution is 2.31. The fourth-order valence-corrected chi connectivity index (χ4v) is 3.58. The molecule has 0 spiro atoms. The molecule has 0 aromatic heterocycles. The van der Waals surface area contributed by atoms with Crippen LogP contribution in [0.5, 0.6) is 0 Å². The Bertz CT molecular complexity index is 692. The van der Waals surface area contributed by atoms with Crippen molar-refractivity contribution >= 4 is 0 Å². The molecule has 0 nitrogen and oxygen atoms in total. The summed E-state index contributed by atoms with van der Waals surface area (Å²) in [7, 11) is 0. The topological polar surface area (TPSA) is 0 Å². The number of halogens is 1. The average Bonchev–Trinajstić information content (AvgIpc) is 2.63. The van der Waals surface area contributed by atoms with Gasteiger partial charge in [0.05, 0.1) is 0 Å². The van der Waals surface area contributed by atoms with Gasteiger partial charge in [-0.2, -0.15) is 0 Å². The summed E-state index contributed by atoms with van der Waals surface area (Å²) in [4.78, 5) is 0. The second-order valence-corrected chi connectivity index (χ2v) is 6.86. The van der Waals surface area contributed by atoms with E-state index < -0.39 is 0 Å². The molecule has 0 bridgehead atoms. The minimum absolute atomic E-state index is 0.199. The first kappa shape index (κ1) is 16.8. The monoisotopic (exact) mass is 320 g/mol. The minimum atomic E-state index is -0.199. The van der Waals surface area contributed by atoms with Crippen LogP contribution in [-0.4, -0.2) is 0 Å². The third kappa shape index (κ3) is 4.48. The number of benzene rings is 2. The number of rotatable bonds is 3. The van der Waals surface area contributed by atoms with Gasteiger partial charge in [0.1, 0.15) is 5.82 Å². The third-order valence-electron chi connectivity index (χ3n) is 5.03. The van der Waals surface area contributed by atoms with E-state index in [1.165, 1.54) is 50.7 Å². The van der Waals surface area contributed by atoms with Crippen molar-refractivity contribution in [1.29, 1.82) is 0 Å². The molecule has 0 atom stereocenters. The molecule has 0 amide bonds. The molecule has 24 heavy (non-hydrogen) atoms. The maximum Gasteiger partial charge on any atom is 0.123 e. The van der Waals surface area contributed by atoms with Crippen LogP contribution in [0.25, 0.3) is 11.1 Å². The SMILES string of the molecule is CCC[C@H]1CC[C@H](C#Cc2ccc(-c3ccc(F)cc3)cc2)CC1. The van der Waals surface area contributed by atoms with E-state index in [0.717, 1.165) is 22.6 Å². The van der Waals surface area contributed by atoms with Crippen molar-refractivity contribution in [3.8, 4) is 23.0 Å². The Morgan fingerprint density at radius 3 is 2.04 bits per heavy atom. The van der Waals surface area contributed by atoms with E-state index in [9.17, 15) is 4.39 Å². The van der Waals surface area contributed by atoms with E-state index >= 15 is 0 Å². The fraction of sp³-hybridized carbons (Fsp3) is 0.391. The molecule has 0 N–H and O–H groups in total. The van der Waals surface area contributed by atoms with Crippen molar-refractivity contribution in [3.05, 3.63) is 59.9 Å². The van der Waals surface area contributed by atoms with Crippen LogP contribution in [0.2, 0.25) is 0 Å². The zero-order valence-electron chi connectivity index (χ0n) is 14.4. The second kappa shape index (κ2) is 8.15. The van der Waals surface area contributed by atoms with Crippen LogP contribution < -0.4 is 0 Å². The van der Waals surface area contributed by atoms with E-state index in [4.69, 9.17) is 0 Å². The Hall–Kier alpha value is -2.07. The Balaban J connectivity index is 1.60. The van der Waals surface area contributed by atoms with Gasteiger partial charge in [-0.25, -0.2) is 4.39 Å². The first-order valence-electron chi connectivity index (χ1n) is 9.12. The quantitative estimate of drug-likeness (QED) is 0.570. The van der Waals surface area contributed by atoms with Crippen molar-refractivity contribution in [2.24, 2.45) is 11.8 Å². The largest absolute Gasteiger partial charge is 0.207 e. The van der Waals surface area contributed by atoms with Crippen LogP contribution in [0.1, 0.15) is 51.0 Å².